The molecule has 1 aliphatic rings. The van der Waals surface area contributed by atoms with E-state index in [4.69, 9.17) is 4.74 Å². The molecule has 7 nitrogen and oxygen atoms in total. The number of amides is 3. The minimum absolute atomic E-state index is 0.190. The number of benzene rings is 1. The van der Waals surface area contributed by atoms with Crippen molar-refractivity contribution in [3.05, 3.63) is 59.3 Å². The van der Waals surface area contributed by atoms with Crippen molar-refractivity contribution in [1.82, 2.24) is 15.6 Å². The van der Waals surface area contributed by atoms with Gasteiger partial charge in [-0.25, -0.2) is 4.98 Å². The van der Waals surface area contributed by atoms with Crippen molar-refractivity contribution < 1.29 is 19.1 Å². The zero-order valence-corrected chi connectivity index (χ0v) is 15.0. The normalized spacial score (nSPS) is 16.1. The predicted molar refractivity (Wildman–Crippen MR) is 98.0 cm³/mol. The van der Waals surface area contributed by atoms with Crippen molar-refractivity contribution >= 4 is 17.7 Å². The maximum atomic E-state index is 12.3. The summed E-state index contributed by atoms with van der Waals surface area (Å²) in [5, 5.41) is 5.16. The summed E-state index contributed by atoms with van der Waals surface area (Å²) in [7, 11) is 0. The monoisotopic (exact) mass is 367 g/mol. The average molecular weight is 367 g/mol. The standard InChI is InChI=1S/C20H21N3O4/c1-2-27-18-10-14(7-8-21-18)12-22-19(25)15-5-3-13(4-6-15)9-16-11-17(24)23-20(16)26/h3-8,10,16H,2,9,11-12H2,1H3,(H,22,25)(H,23,24,26)/t16-/m1/s1. The third-order valence-corrected chi connectivity index (χ3v) is 4.31. The second kappa shape index (κ2) is 8.44. The summed E-state index contributed by atoms with van der Waals surface area (Å²) < 4.78 is 5.35. The van der Waals surface area contributed by atoms with Crippen LogP contribution in [0.2, 0.25) is 0 Å². The van der Waals surface area contributed by atoms with Crippen molar-refractivity contribution in [1.29, 1.82) is 0 Å². The minimum Gasteiger partial charge on any atom is -0.478 e. The second-order valence-corrected chi connectivity index (χ2v) is 6.33. The van der Waals surface area contributed by atoms with Gasteiger partial charge >= 0.3 is 0 Å². The predicted octanol–water partition coefficient (Wildman–Crippen LogP) is 1.62. The van der Waals surface area contributed by atoms with Gasteiger partial charge in [-0.05, 0) is 42.7 Å². The van der Waals surface area contributed by atoms with Gasteiger partial charge in [0.15, 0.2) is 0 Å². The van der Waals surface area contributed by atoms with E-state index in [9.17, 15) is 14.4 Å². The van der Waals surface area contributed by atoms with Crippen LogP contribution in [0.25, 0.3) is 0 Å². The summed E-state index contributed by atoms with van der Waals surface area (Å²) in [6.45, 7) is 2.79. The molecule has 3 amide bonds. The number of ether oxygens (including phenoxy) is 1. The largest absolute Gasteiger partial charge is 0.478 e. The number of carbonyl (C=O) groups excluding carboxylic acids is 3. The smallest absolute Gasteiger partial charge is 0.251 e. The molecular formula is C20H21N3O4. The van der Waals surface area contributed by atoms with Crippen LogP contribution in [0.15, 0.2) is 42.6 Å². The lowest BCUT2D eigenvalue weighted by molar-refractivity contribution is -0.125. The maximum absolute atomic E-state index is 12.3. The molecule has 1 fully saturated rings. The molecule has 27 heavy (non-hydrogen) atoms. The van der Waals surface area contributed by atoms with E-state index in [1.54, 1.807) is 24.4 Å². The third-order valence-electron chi connectivity index (χ3n) is 4.31. The first-order valence-electron chi connectivity index (χ1n) is 8.83. The van der Waals surface area contributed by atoms with E-state index in [1.165, 1.54) is 0 Å². The molecule has 7 heteroatoms. The molecule has 0 saturated carbocycles. The van der Waals surface area contributed by atoms with Gasteiger partial charge in [-0.2, -0.15) is 0 Å². The van der Waals surface area contributed by atoms with Crippen molar-refractivity contribution in [2.75, 3.05) is 6.61 Å². The zero-order chi connectivity index (χ0) is 19.2. The molecule has 3 rings (SSSR count). The molecule has 0 bridgehead atoms. The fourth-order valence-electron chi connectivity index (χ4n) is 2.92. The molecule has 1 atom stereocenters. The molecule has 2 N–H and O–H groups in total. The molecule has 1 aliphatic heterocycles. The van der Waals surface area contributed by atoms with Gasteiger partial charge in [-0.1, -0.05) is 12.1 Å². The van der Waals surface area contributed by atoms with Crippen molar-refractivity contribution in [3.8, 4) is 5.88 Å². The Kier molecular flexibility index (Phi) is 5.80. The highest BCUT2D eigenvalue weighted by Crippen LogP contribution is 2.18. The first kappa shape index (κ1) is 18.6. The number of pyridine rings is 1. The quantitative estimate of drug-likeness (QED) is 0.725. The van der Waals surface area contributed by atoms with Crippen LogP contribution in [-0.2, 0) is 22.6 Å². The lowest BCUT2D eigenvalue weighted by Crippen LogP contribution is -2.23. The molecule has 140 valence electrons. The van der Waals surface area contributed by atoms with E-state index in [2.05, 4.69) is 15.6 Å². The highest BCUT2D eigenvalue weighted by Gasteiger charge is 2.30. The zero-order valence-electron chi connectivity index (χ0n) is 15.0. The van der Waals surface area contributed by atoms with E-state index in [-0.39, 0.29) is 30.1 Å². The van der Waals surface area contributed by atoms with Gasteiger partial charge in [-0.15, -0.1) is 0 Å². The Hall–Kier alpha value is -3.22. The van der Waals surface area contributed by atoms with Crippen molar-refractivity contribution in [3.63, 3.8) is 0 Å². The van der Waals surface area contributed by atoms with Crippen LogP contribution in [0, 0.1) is 5.92 Å². The SMILES string of the molecule is CCOc1cc(CNC(=O)c2ccc(C[C@@H]3CC(=O)NC3=O)cc2)ccn1. The molecule has 0 unspecified atom stereocenters. The lowest BCUT2D eigenvalue weighted by atomic mass is 9.97. The number of hydrogen-bond donors (Lipinski definition) is 2. The Labute approximate surface area is 157 Å². The summed E-state index contributed by atoms with van der Waals surface area (Å²) in [6.07, 6.45) is 2.35. The van der Waals surface area contributed by atoms with Crippen LogP contribution in [0.5, 0.6) is 5.88 Å². The molecule has 2 heterocycles. The van der Waals surface area contributed by atoms with E-state index >= 15 is 0 Å². The molecular weight excluding hydrogens is 346 g/mol. The first-order valence-corrected chi connectivity index (χ1v) is 8.83. The Morgan fingerprint density at radius 3 is 2.67 bits per heavy atom. The Balaban J connectivity index is 1.55. The van der Waals surface area contributed by atoms with Crippen LogP contribution >= 0.6 is 0 Å². The molecule has 1 aromatic carbocycles. The Morgan fingerprint density at radius 1 is 1.22 bits per heavy atom. The van der Waals surface area contributed by atoms with Crippen LogP contribution in [0.1, 0.15) is 34.8 Å². The van der Waals surface area contributed by atoms with Crippen molar-refractivity contribution in [2.24, 2.45) is 5.92 Å². The van der Waals surface area contributed by atoms with Gasteiger partial charge in [0, 0.05) is 30.8 Å². The number of aromatic nitrogens is 1. The molecule has 0 spiro atoms. The third kappa shape index (κ3) is 4.91. The minimum atomic E-state index is -0.330. The maximum Gasteiger partial charge on any atom is 0.251 e. The summed E-state index contributed by atoms with van der Waals surface area (Å²) in [5.41, 5.74) is 2.34. The number of rotatable bonds is 7. The molecule has 1 aromatic heterocycles. The van der Waals surface area contributed by atoms with Crippen molar-refractivity contribution in [2.45, 2.75) is 26.3 Å². The second-order valence-electron chi connectivity index (χ2n) is 6.33. The van der Waals surface area contributed by atoms with Crippen LogP contribution in [0.3, 0.4) is 0 Å². The van der Waals surface area contributed by atoms with Gasteiger partial charge in [0.1, 0.15) is 0 Å². The molecule has 0 aliphatic carbocycles. The fraction of sp³-hybridized carbons (Fsp3) is 0.300. The first-order chi connectivity index (χ1) is 13.0. The molecule has 1 saturated heterocycles. The van der Waals surface area contributed by atoms with Crippen LogP contribution in [0.4, 0.5) is 0 Å². The van der Waals surface area contributed by atoms with E-state index < -0.39 is 0 Å². The van der Waals surface area contributed by atoms with Gasteiger partial charge in [0.25, 0.3) is 5.91 Å². The number of nitrogens with one attached hydrogen (secondary N) is 2. The van der Waals surface area contributed by atoms with Crippen LogP contribution in [-0.4, -0.2) is 29.3 Å². The summed E-state index contributed by atoms with van der Waals surface area (Å²) in [5.74, 6) is -0.452. The number of nitrogens with zero attached hydrogens (tertiary/aromatic N) is 1. The topological polar surface area (TPSA) is 97.4 Å². The average Bonchev–Trinajstić information content (AvgIpc) is 2.98. The number of carbonyl (C=O) groups is 3. The number of imide groups is 1. The number of hydrogen-bond acceptors (Lipinski definition) is 5. The molecule has 0 radical (unpaired) electrons. The van der Waals surface area contributed by atoms with Gasteiger partial charge in [0.05, 0.1) is 12.5 Å². The summed E-state index contributed by atoms with van der Waals surface area (Å²) in [6, 6.07) is 10.7. The van der Waals surface area contributed by atoms with E-state index in [1.807, 2.05) is 25.1 Å². The summed E-state index contributed by atoms with van der Waals surface area (Å²) in [4.78, 5) is 39.3. The van der Waals surface area contributed by atoms with Gasteiger partial charge in [0.2, 0.25) is 17.7 Å². The summed E-state index contributed by atoms with van der Waals surface area (Å²) >= 11 is 0. The van der Waals surface area contributed by atoms with E-state index in [0.29, 0.717) is 31.0 Å². The van der Waals surface area contributed by atoms with Gasteiger partial charge in [-0.3, -0.25) is 19.7 Å². The highest BCUT2D eigenvalue weighted by molar-refractivity contribution is 6.03. The van der Waals surface area contributed by atoms with Gasteiger partial charge < -0.3 is 10.1 Å². The Bertz CT molecular complexity index is 849. The fourth-order valence-corrected chi connectivity index (χ4v) is 2.92. The molecule has 2 aromatic rings. The Morgan fingerprint density at radius 2 is 2.00 bits per heavy atom. The van der Waals surface area contributed by atoms with E-state index in [0.717, 1.165) is 11.1 Å². The lowest BCUT2D eigenvalue weighted by Gasteiger charge is -2.09. The highest BCUT2D eigenvalue weighted by atomic mass is 16.5. The van der Waals surface area contributed by atoms with Crippen LogP contribution < -0.4 is 15.4 Å².